The lowest BCUT2D eigenvalue weighted by molar-refractivity contribution is -0.178. The van der Waals surface area contributed by atoms with Gasteiger partial charge in [0.1, 0.15) is 0 Å². The molecule has 0 bridgehead atoms. The molecule has 0 aliphatic heterocycles. The highest BCUT2D eigenvalue weighted by Gasteiger charge is 2.70. The largest absolute Gasteiger partial charge is 0.481 e. The maximum atomic E-state index is 13.1. The van der Waals surface area contributed by atoms with Crippen LogP contribution < -0.4 is 0 Å². The van der Waals surface area contributed by atoms with Gasteiger partial charge in [-0.1, -0.05) is 66.5 Å². The van der Waals surface area contributed by atoms with Crippen LogP contribution in [-0.2, 0) is 16.6 Å². The molecule has 0 amide bonds. The van der Waals surface area contributed by atoms with E-state index in [9.17, 15) is 9.90 Å². The van der Waals surface area contributed by atoms with Crippen molar-refractivity contribution in [2.75, 3.05) is 0 Å². The van der Waals surface area contributed by atoms with Crippen molar-refractivity contribution in [2.45, 2.75) is 132 Å². The van der Waals surface area contributed by atoms with Gasteiger partial charge >= 0.3 is 5.97 Å². The number of fused-ring (bicyclic) bond motifs is 8. The highest BCUT2D eigenvalue weighted by molar-refractivity contribution is 5.77. The van der Waals surface area contributed by atoms with Crippen molar-refractivity contribution < 1.29 is 9.90 Å². The molecule has 7 atom stereocenters. The molecule has 5 aliphatic rings. The molecular formula is C34H52N2O2. The molecule has 0 aromatic carbocycles. The van der Waals surface area contributed by atoms with Crippen molar-refractivity contribution >= 4 is 5.97 Å². The zero-order valence-corrected chi connectivity index (χ0v) is 25.6. The van der Waals surface area contributed by atoms with E-state index in [-0.39, 0.29) is 33.0 Å². The Hall–Kier alpha value is -1.58. The van der Waals surface area contributed by atoms with E-state index in [2.05, 4.69) is 67.4 Å². The minimum Gasteiger partial charge on any atom is -0.481 e. The zero-order chi connectivity index (χ0) is 27.7. The van der Waals surface area contributed by atoms with Crippen LogP contribution in [0.5, 0.6) is 0 Å². The summed E-state index contributed by atoms with van der Waals surface area (Å²) in [4.78, 5) is 13.1. The summed E-state index contributed by atoms with van der Waals surface area (Å²) in [5.74, 6) is 0.879. The monoisotopic (exact) mass is 520 g/mol. The Kier molecular flexibility index (Phi) is 5.46. The molecule has 1 heterocycles. The zero-order valence-electron chi connectivity index (χ0n) is 25.6. The number of nitrogens with one attached hydrogen (secondary N) is 1. The smallest absolute Gasteiger partial charge is 0.310 e. The number of hydrogen-bond acceptors (Lipinski definition) is 2. The molecule has 6 rings (SSSR count). The van der Waals surface area contributed by atoms with Crippen molar-refractivity contribution in [3.63, 3.8) is 0 Å². The summed E-state index contributed by atoms with van der Waals surface area (Å²) in [6.45, 7) is 22.1. The van der Waals surface area contributed by atoms with Crippen LogP contribution in [0.3, 0.4) is 0 Å². The quantitative estimate of drug-likeness (QED) is 0.385. The molecule has 0 saturated heterocycles. The second-order valence-corrected chi connectivity index (χ2v) is 16.4. The third-order valence-corrected chi connectivity index (χ3v) is 14.1. The summed E-state index contributed by atoms with van der Waals surface area (Å²) in [6.07, 6.45) is 10.6. The number of aromatic amines is 1. The molecule has 3 saturated carbocycles. The average Bonchev–Trinajstić information content (AvgIpc) is 3.19. The van der Waals surface area contributed by atoms with Crippen molar-refractivity contribution in [2.24, 2.45) is 44.8 Å². The van der Waals surface area contributed by atoms with Crippen molar-refractivity contribution in [3.8, 4) is 0 Å². The highest BCUT2D eigenvalue weighted by atomic mass is 16.4. The first-order valence-corrected chi connectivity index (χ1v) is 15.6. The Morgan fingerprint density at radius 3 is 2.34 bits per heavy atom. The van der Waals surface area contributed by atoms with Gasteiger partial charge in [-0.3, -0.25) is 9.89 Å². The third-order valence-electron chi connectivity index (χ3n) is 14.1. The van der Waals surface area contributed by atoms with Gasteiger partial charge in [0.05, 0.1) is 11.1 Å². The van der Waals surface area contributed by atoms with E-state index in [0.717, 1.165) is 51.4 Å². The van der Waals surface area contributed by atoms with Crippen molar-refractivity contribution in [1.82, 2.24) is 10.2 Å². The molecule has 2 N–H and O–H groups in total. The van der Waals surface area contributed by atoms with Gasteiger partial charge in [-0.05, 0) is 116 Å². The van der Waals surface area contributed by atoms with Crippen molar-refractivity contribution in [3.05, 3.63) is 28.1 Å². The van der Waals surface area contributed by atoms with Crippen LogP contribution in [0.1, 0.15) is 130 Å². The van der Waals surface area contributed by atoms with Crippen LogP contribution in [0.15, 0.2) is 11.1 Å². The molecule has 4 heteroatoms. The Bertz CT molecular complexity index is 1220. The number of H-pyrrole nitrogens is 1. The van der Waals surface area contributed by atoms with E-state index in [4.69, 9.17) is 5.10 Å². The molecule has 3 fully saturated rings. The minimum absolute atomic E-state index is 0.0596. The predicted molar refractivity (Wildman–Crippen MR) is 153 cm³/mol. The van der Waals surface area contributed by atoms with Crippen LogP contribution in [0.4, 0.5) is 0 Å². The summed E-state index contributed by atoms with van der Waals surface area (Å²) >= 11 is 0. The highest BCUT2D eigenvalue weighted by Crippen LogP contribution is 2.76. The summed E-state index contributed by atoms with van der Waals surface area (Å²) in [5, 5.41) is 19.0. The van der Waals surface area contributed by atoms with E-state index < -0.39 is 11.4 Å². The molecule has 1 unspecified atom stereocenters. The van der Waals surface area contributed by atoms with E-state index >= 15 is 0 Å². The fourth-order valence-corrected chi connectivity index (χ4v) is 11.8. The number of aliphatic carboxylic acids is 1. The lowest BCUT2D eigenvalue weighted by Crippen LogP contribution is -2.65. The number of aromatic nitrogens is 2. The number of rotatable bonds is 2. The van der Waals surface area contributed by atoms with Gasteiger partial charge in [0, 0.05) is 11.1 Å². The molecule has 38 heavy (non-hydrogen) atoms. The van der Waals surface area contributed by atoms with Crippen LogP contribution in [0.2, 0.25) is 0 Å². The average molecular weight is 521 g/mol. The van der Waals surface area contributed by atoms with E-state index in [1.54, 1.807) is 11.1 Å². The molecule has 5 aliphatic carbocycles. The second kappa shape index (κ2) is 7.78. The normalized spacial score (nSPS) is 44.8. The fourth-order valence-electron chi connectivity index (χ4n) is 11.8. The number of carboxylic acids is 1. The van der Waals surface area contributed by atoms with Gasteiger partial charge in [-0.15, -0.1) is 0 Å². The van der Waals surface area contributed by atoms with Crippen LogP contribution >= 0.6 is 0 Å². The summed E-state index contributed by atoms with van der Waals surface area (Å²) in [7, 11) is 0. The molecule has 4 nitrogen and oxygen atoms in total. The first-order valence-electron chi connectivity index (χ1n) is 15.6. The van der Waals surface area contributed by atoms with Gasteiger partial charge in [-0.2, -0.15) is 5.10 Å². The topological polar surface area (TPSA) is 66.0 Å². The Morgan fingerprint density at radius 2 is 1.68 bits per heavy atom. The first kappa shape index (κ1) is 26.6. The maximum Gasteiger partial charge on any atom is 0.310 e. The van der Waals surface area contributed by atoms with E-state index in [0.29, 0.717) is 11.8 Å². The van der Waals surface area contributed by atoms with Gasteiger partial charge in [0.2, 0.25) is 0 Å². The number of carboxylic acid groups (broad SMARTS) is 1. The molecule has 1 aromatic rings. The SMILES string of the molecule is CCC1=C2[C@@H]3CC(C)(C)CC[C@]3(C(=O)O)CC[C@@]2(C)[C@]2(C)CC[C@H]3C(C)(C)c4n[nH]c(C)c4C[C@]3(C)C2C1. The Morgan fingerprint density at radius 1 is 1.00 bits per heavy atom. The number of carbonyl (C=O) groups is 1. The van der Waals surface area contributed by atoms with Gasteiger partial charge < -0.3 is 5.11 Å². The third kappa shape index (κ3) is 3.04. The Labute approximate surface area is 230 Å². The summed E-state index contributed by atoms with van der Waals surface area (Å²) in [5.41, 5.74) is 7.43. The van der Waals surface area contributed by atoms with Gasteiger partial charge in [-0.25, -0.2) is 0 Å². The lowest BCUT2D eigenvalue weighted by atomic mass is 9.33. The number of aryl methyl sites for hydroxylation is 1. The summed E-state index contributed by atoms with van der Waals surface area (Å²) in [6, 6.07) is 0. The number of allylic oxidation sites excluding steroid dienone is 2. The first-order chi connectivity index (χ1) is 17.6. The maximum absolute atomic E-state index is 13.1. The van der Waals surface area contributed by atoms with E-state index in [1.807, 2.05) is 0 Å². The standard InChI is InChI=1S/C34H52N2O2/c1-10-21-17-25-31(7)18-22-20(2)35-36-27(22)30(5,6)24(31)11-12-32(25,8)33(9)14-16-34(28(37)38)15-13-29(3,4)19-23(34)26(21)33/h23-25H,10-19H2,1-9H3,(H,35,36)(H,37,38)/t23-,24-,25?,31-,32+,33+,34-/m0/s1. The molecule has 0 radical (unpaired) electrons. The van der Waals surface area contributed by atoms with Crippen LogP contribution in [-0.4, -0.2) is 21.3 Å². The number of hydrogen-bond donors (Lipinski definition) is 2. The minimum atomic E-state index is -0.565. The van der Waals surface area contributed by atoms with Crippen molar-refractivity contribution in [1.29, 1.82) is 0 Å². The van der Waals surface area contributed by atoms with Crippen LogP contribution in [0.25, 0.3) is 0 Å². The fraction of sp³-hybridized carbons (Fsp3) is 0.824. The molecule has 210 valence electrons. The van der Waals surface area contributed by atoms with E-state index in [1.165, 1.54) is 29.8 Å². The molecular weight excluding hydrogens is 468 g/mol. The van der Waals surface area contributed by atoms with Gasteiger partial charge in [0.25, 0.3) is 0 Å². The second-order valence-electron chi connectivity index (χ2n) is 16.4. The molecule has 1 aromatic heterocycles. The van der Waals surface area contributed by atoms with Gasteiger partial charge in [0.15, 0.2) is 0 Å². The summed E-state index contributed by atoms with van der Waals surface area (Å²) < 4.78 is 0. The lowest BCUT2D eigenvalue weighted by Gasteiger charge is -2.71. The Balaban J connectivity index is 1.53. The van der Waals surface area contributed by atoms with Crippen LogP contribution in [0, 0.1) is 51.8 Å². The molecule has 0 spiro atoms. The number of nitrogens with zero attached hydrogens (tertiary/aromatic N) is 1. The predicted octanol–water partition coefficient (Wildman–Crippen LogP) is 8.40.